The molecule has 2 rings (SSSR count). The molecule has 6 heteroatoms. The molecular formula is C13H19N3O2S. The number of thiazole rings is 1. The molecule has 2 atom stereocenters. The Kier molecular flexibility index (Phi) is 3.89. The summed E-state index contributed by atoms with van der Waals surface area (Å²) >= 11 is 1.59. The van der Waals surface area contributed by atoms with Crippen LogP contribution >= 0.6 is 11.3 Å². The maximum Gasteiger partial charge on any atom is 0.246 e. The van der Waals surface area contributed by atoms with E-state index >= 15 is 0 Å². The second kappa shape index (κ2) is 5.28. The lowest BCUT2D eigenvalue weighted by Gasteiger charge is -2.36. The summed E-state index contributed by atoms with van der Waals surface area (Å²) in [4.78, 5) is 31.4. The summed E-state index contributed by atoms with van der Waals surface area (Å²) < 4.78 is 0. The first-order valence-corrected chi connectivity index (χ1v) is 7.29. The summed E-state index contributed by atoms with van der Waals surface area (Å²) in [5, 5.41) is 3.64. The van der Waals surface area contributed by atoms with Crippen LogP contribution in [0.5, 0.6) is 0 Å². The zero-order valence-electron chi connectivity index (χ0n) is 11.7. The van der Waals surface area contributed by atoms with Gasteiger partial charge in [0.2, 0.25) is 11.8 Å². The highest BCUT2D eigenvalue weighted by Gasteiger charge is 2.37. The Bertz CT molecular complexity index is 492. The molecule has 1 aliphatic rings. The van der Waals surface area contributed by atoms with Crippen LogP contribution in [0, 0.1) is 13.8 Å². The average Bonchev–Trinajstić information content (AvgIpc) is 2.68. The van der Waals surface area contributed by atoms with Crippen molar-refractivity contribution in [1.82, 2.24) is 15.2 Å². The fourth-order valence-electron chi connectivity index (χ4n) is 2.13. The van der Waals surface area contributed by atoms with E-state index in [2.05, 4.69) is 10.3 Å². The quantitative estimate of drug-likeness (QED) is 0.910. The van der Waals surface area contributed by atoms with E-state index in [-0.39, 0.29) is 11.8 Å². The zero-order chi connectivity index (χ0) is 14.2. The van der Waals surface area contributed by atoms with Crippen molar-refractivity contribution < 1.29 is 9.59 Å². The monoisotopic (exact) mass is 281 g/mol. The Hall–Kier alpha value is -1.43. The number of rotatable bonds is 3. The second-order valence-corrected chi connectivity index (χ2v) is 6.15. The molecule has 0 spiro atoms. The van der Waals surface area contributed by atoms with E-state index < -0.39 is 12.1 Å². The van der Waals surface area contributed by atoms with Crippen LogP contribution in [-0.2, 0) is 16.1 Å². The van der Waals surface area contributed by atoms with Crippen LogP contribution in [0.3, 0.4) is 0 Å². The van der Waals surface area contributed by atoms with Crippen molar-refractivity contribution in [3.63, 3.8) is 0 Å². The smallest absolute Gasteiger partial charge is 0.246 e. The molecule has 0 saturated carbocycles. The fraction of sp³-hybridized carbons (Fsp3) is 0.615. The van der Waals surface area contributed by atoms with Gasteiger partial charge < -0.3 is 10.2 Å². The Morgan fingerprint density at radius 1 is 1.37 bits per heavy atom. The number of amides is 2. The number of aromatic nitrogens is 1. The molecule has 0 bridgehead atoms. The summed E-state index contributed by atoms with van der Waals surface area (Å²) in [6, 6.07) is -0.828. The van der Waals surface area contributed by atoms with Gasteiger partial charge in [-0.2, -0.15) is 0 Å². The molecule has 0 radical (unpaired) electrons. The van der Waals surface area contributed by atoms with Crippen molar-refractivity contribution in [3.8, 4) is 0 Å². The highest BCUT2D eigenvalue weighted by molar-refractivity contribution is 7.11. The number of nitrogens with one attached hydrogen (secondary N) is 1. The number of nitrogens with zero attached hydrogens (tertiary/aromatic N) is 2. The van der Waals surface area contributed by atoms with Gasteiger partial charge in [-0.25, -0.2) is 4.98 Å². The third kappa shape index (κ3) is 2.63. The Morgan fingerprint density at radius 3 is 2.58 bits per heavy atom. The first-order chi connectivity index (χ1) is 8.93. The summed E-state index contributed by atoms with van der Waals surface area (Å²) in [5.74, 6) is -0.100. The molecule has 104 valence electrons. The molecule has 2 unspecified atom stereocenters. The highest BCUT2D eigenvalue weighted by Crippen LogP contribution is 2.21. The number of carbonyl (C=O) groups excluding carboxylic acids is 2. The maximum atomic E-state index is 12.3. The third-order valence-corrected chi connectivity index (χ3v) is 4.59. The van der Waals surface area contributed by atoms with Crippen molar-refractivity contribution in [3.05, 3.63) is 15.6 Å². The van der Waals surface area contributed by atoms with E-state index in [0.29, 0.717) is 13.0 Å². The van der Waals surface area contributed by atoms with E-state index in [9.17, 15) is 9.59 Å². The molecule has 0 aromatic carbocycles. The van der Waals surface area contributed by atoms with Crippen LogP contribution in [0.25, 0.3) is 0 Å². The van der Waals surface area contributed by atoms with Gasteiger partial charge >= 0.3 is 0 Å². The van der Waals surface area contributed by atoms with Gasteiger partial charge in [0.05, 0.1) is 12.2 Å². The molecule has 19 heavy (non-hydrogen) atoms. The molecule has 0 aliphatic carbocycles. The van der Waals surface area contributed by atoms with Crippen LogP contribution in [0.1, 0.15) is 35.8 Å². The van der Waals surface area contributed by atoms with Gasteiger partial charge in [0, 0.05) is 4.88 Å². The number of hydrogen-bond donors (Lipinski definition) is 1. The predicted molar refractivity (Wildman–Crippen MR) is 73.8 cm³/mol. The second-order valence-electron chi connectivity index (χ2n) is 4.86. The molecule has 1 aliphatic heterocycles. The number of carbonyl (C=O) groups is 2. The summed E-state index contributed by atoms with van der Waals surface area (Å²) in [6.07, 6.45) is 0.615. The SMILES string of the molecule is CCC1NC(=O)C(C)N(Cc2nc(C)c(C)s2)C1=O. The van der Waals surface area contributed by atoms with Crippen LogP contribution in [0.4, 0.5) is 0 Å². The van der Waals surface area contributed by atoms with Gasteiger partial charge in [-0.05, 0) is 27.2 Å². The van der Waals surface area contributed by atoms with E-state index in [4.69, 9.17) is 0 Å². The number of piperazine rings is 1. The van der Waals surface area contributed by atoms with Crippen LogP contribution in [0.15, 0.2) is 0 Å². The summed E-state index contributed by atoms with van der Waals surface area (Å²) in [5.41, 5.74) is 0.994. The maximum absolute atomic E-state index is 12.3. The molecule has 2 heterocycles. The Labute approximate surface area is 117 Å². The van der Waals surface area contributed by atoms with Crippen LogP contribution in [-0.4, -0.2) is 33.8 Å². The first kappa shape index (κ1) is 14.0. The summed E-state index contributed by atoms with van der Waals surface area (Å²) in [7, 11) is 0. The molecule has 2 amide bonds. The van der Waals surface area contributed by atoms with Crippen molar-refractivity contribution in [2.24, 2.45) is 0 Å². The van der Waals surface area contributed by atoms with E-state index in [1.165, 1.54) is 0 Å². The van der Waals surface area contributed by atoms with E-state index in [1.807, 2.05) is 20.8 Å². The zero-order valence-corrected chi connectivity index (χ0v) is 12.5. The molecule has 1 fully saturated rings. The molecule has 1 aromatic heterocycles. The average molecular weight is 281 g/mol. The van der Waals surface area contributed by atoms with Gasteiger partial charge in [-0.15, -0.1) is 11.3 Å². The molecule has 5 nitrogen and oxygen atoms in total. The Balaban J connectivity index is 2.20. The van der Waals surface area contributed by atoms with Gasteiger partial charge in [-0.1, -0.05) is 6.92 Å². The molecule has 1 saturated heterocycles. The minimum absolute atomic E-state index is 0.0138. The lowest BCUT2D eigenvalue weighted by atomic mass is 10.1. The minimum Gasteiger partial charge on any atom is -0.343 e. The van der Waals surface area contributed by atoms with Crippen LogP contribution < -0.4 is 5.32 Å². The summed E-state index contributed by atoms with van der Waals surface area (Å²) in [6.45, 7) is 8.04. The highest BCUT2D eigenvalue weighted by atomic mass is 32.1. The van der Waals surface area contributed by atoms with E-state index in [1.54, 1.807) is 23.2 Å². The van der Waals surface area contributed by atoms with Crippen molar-refractivity contribution in [1.29, 1.82) is 0 Å². The van der Waals surface area contributed by atoms with Crippen molar-refractivity contribution >= 4 is 23.2 Å². The van der Waals surface area contributed by atoms with Crippen molar-refractivity contribution in [2.45, 2.75) is 52.7 Å². The lowest BCUT2D eigenvalue weighted by molar-refractivity contribution is -0.149. The minimum atomic E-state index is -0.431. The number of hydrogen-bond acceptors (Lipinski definition) is 4. The normalized spacial score (nSPS) is 23.7. The van der Waals surface area contributed by atoms with Gasteiger partial charge in [0.15, 0.2) is 0 Å². The van der Waals surface area contributed by atoms with Gasteiger partial charge in [0.25, 0.3) is 0 Å². The third-order valence-electron chi connectivity index (χ3n) is 3.53. The molecular weight excluding hydrogens is 262 g/mol. The predicted octanol–water partition coefficient (Wildman–Crippen LogP) is 1.39. The topological polar surface area (TPSA) is 62.3 Å². The van der Waals surface area contributed by atoms with E-state index in [0.717, 1.165) is 15.6 Å². The largest absolute Gasteiger partial charge is 0.343 e. The standard InChI is InChI=1S/C13H19N3O2S/c1-5-10-13(18)16(8(3)12(17)15-10)6-11-14-7(2)9(4)19-11/h8,10H,5-6H2,1-4H3,(H,15,17). The fourth-order valence-corrected chi connectivity index (χ4v) is 3.06. The first-order valence-electron chi connectivity index (χ1n) is 6.47. The molecule has 1 N–H and O–H groups in total. The van der Waals surface area contributed by atoms with Crippen molar-refractivity contribution in [2.75, 3.05) is 0 Å². The van der Waals surface area contributed by atoms with Gasteiger partial charge in [-0.3, -0.25) is 9.59 Å². The van der Waals surface area contributed by atoms with Gasteiger partial charge in [0.1, 0.15) is 17.1 Å². The lowest BCUT2D eigenvalue weighted by Crippen LogP contribution is -2.61. The van der Waals surface area contributed by atoms with Crippen LogP contribution in [0.2, 0.25) is 0 Å². The Morgan fingerprint density at radius 2 is 2.05 bits per heavy atom. The number of aryl methyl sites for hydroxylation is 2. The molecule has 1 aromatic rings.